The number of rotatable bonds is 4. The molecule has 0 amide bonds. The number of piperidine rings is 1. The third-order valence-electron chi connectivity index (χ3n) is 3.28. The Balaban J connectivity index is 2.46. The van der Waals surface area contributed by atoms with Gasteiger partial charge in [0.2, 0.25) is 0 Å². The lowest BCUT2D eigenvalue weighted by Gasteiger charge is -2.41. The molecule has 1 saturated heterocycles. The highest BCUT2D eigenvalue weighted by atomic mass is 16.5. The van der Waals surface area contributed by atoms with E-state index in [1.54, 1.807) is 0 Å². The van der Waals surface area contributed by atoms with Gasteiger partial charge >= 0.3 is 5.97 Å². The Morgan fingerprint density at radius 2 is 1.82 bits per heavy atom. The normalized spacial score (nSPS) is 23.4. The standard InChI is InChI=1S/C13H26N2O2/c1-6-17-11(16)9-14-10-7-12(2,3)15-13(4,5)8-10/h10,14-15H,6-9H2,1-5H3/p+2. The van der Waals surface area contributed by atoms with Crippen molar-refractivity contribution in [3.8, 4) is 0 Å². The third-order valence-corrected chi connectivity index (χ3v) is 3.28. The number of hydrogen-bond acceptors (Lipinski definition) is 2. The zero-order valence-corrected chi connectivity index (χ0v) is 11.9. The fraction of sp³-hybridized carbons (Fsp3) is 0.923. The Morgan fingerprint density at radius 1 is 1.29 bits per heavy atom. The van der Waals surface area contributed by atoms with Crippen molar-refractivity contribution in [2.45, 2.75) is 64.6 Å². The Labute approximate surface area is 104 Å². The van der Waals surface area contributed by atoms with Gasteiger partial charge in [-0.05, 0) is 34.6 Å². The van der Waals surface area contributed by atoms with Crippen molar-refractivity contribution in [1.82, 2.24) is 0 Å². The second kappa shape index (κ2) is 5.36. The lowest BCUT2D eigenvalue weighted by Crippen LogP contribution is -3.09. The van der Waals surface area contributed by atoms with E-state index in [1.807, 2.05) is 6.92 Å². The molecule has 0 atom stereocenters. The van der Waals surface area contributed by atoms with Gasteiger partial charge in [0.05, 0.1) is 36.6 Å². The van der Waals surface area contributed by atoms with Gasteiger partial charge in [-0.1, -0.05) is 0 Å². The monoisotopic (exact) mass is 244 g/mol. The minimum absolute atomic E-state index is 0.0994. The van der Waals surface area contributed by atoms with Crippen molar-refractivity contribution in [2.24, 2.45) is 0 Å². The molecule has 17 heavy (non-hydrogen) atoms. The molecule has 1 heterocycles. The predicted octanol–water partition coefficient (Wildman–Crippen LogP) is -0.604. The first-order valence-electron chi connectivity index (χ1n) is 6.60. The minimum Gasteiger partial charge on any atom is -0.462 e. The van der Waals surface area contributed by atoms with Crippen LogP contribution in [0, 0.1) is 0 Å². The van der Waals surface area contributed by atoms with Crippen LogP contribution < -0.4 is 10.6 Å². The summed E-state index contributed by atoms with van der Waals surface area (Å²) in [7, 11) is 0. The van der Waals surface area contributed by atoms with E-state index in [-0.39, 0.29) is 17.0 Å². The first-order valence-corrected chi connectivity index (χ1v) is 6.60. The van der Waals surface area contributed by atoms with Gasteiger partial charge in [-0.15, -0.1) is 0 Å². The number of carbonyl (C=O) groups is 1. The molecule has 0 aromatic carbocycles. The average Bonchev–Trinajstić information content (AvgIpc) is 2.10. The second-order valence-corrected chi connectivity index (χ2v) is 6.53. The van der Waals surface area contributed by atoms with Crippen LogP contribution in [-0.2, 0) is 9.53 Å². The number of ether oxygens (including phenoxy) is 1. The summed E-state index contributed by atoms with van der Waals surface area (Å²) in [4.78, 5) is 11.3. The van der Waals surface area contributed by atoms with E-state index in [4.69, 9.17) is 4.74 Å². The van der Waals surface area contributed by atoms with Gasteiger partial charge in [-0.2, -0.15) is 0 Å². The lowest BCUT2D eigenvalue weighted by molar-refractivity contribution is -0.812. The van der Waals surface area contributed by atoms with E-state index < -0.39 is 0 Å². The lowest BCUT2D eigenvalue weighted by atomic mass is 9.79. The highest BCUT2D eigenvalue weighted by Crippen LogP contribution is 2.19. The molecule has 1 rings (SSSR count). The van der Waals surface area contributed by atoms with E-state index in [1.165, 1.54) is 0 Å². The zero-order chi connectivity index (χ0) is 13.1. The highest BCUT2D eigenvalue weighted by Gasteiger charge is 2.43. The molecule has 4 N–H and O–H groups in total. The topological polar surface area (TPSA) is 59.5 Å². The second-order valence-electron chi connectivity index (χ2n) is 6.53. The average molecular weight is 244 g/mol. The molecular formula is C13H28N2O2+2. The molecule has 0 aliphatic carbocycles. The predicted molar refractivity (Wildman–Crippen MR) is 66.5 cm³/mol. The molecule has 4 heteroatoms. The van der Waals surface area contributed by atoms with Gasteiger partial charge in [-0.3, -0.25) is 0 Å². The summed E-state index contributed by atoms with van der Waals surface area (Å²) in [5.74, 6) is -0.0994. The fourth-order valence-electron chi connectivity index (χ4n) is 3.25. The smallest absolute Gasteiger partial charge is 0.361 e. The largest absolute Gasteiger partial charge is 0.462 e. The summed E-state index contributed by atoms with van der Waals surface area (Å²) in [6.45, 7) is 11.9. The quantitative estimate of drug-likeness (QED) is 0.649. The number of nitrogens with two attached hydrogens (primary N) is 2. The summed E-state index contributed by atoms with van der Waals surface area (Å²) >= 11 is 0. The van der Waals surface area contributed by atoms with Crippen LogP contribution in [0.5, 0.6) is 0 Å². The summed E-state index contributed by atoms with van der Waals surface area (Å²) in [5.41, 5.74) is 0.523. The van der Waals surface area contributed by atoms with Gasteiger partial charge in [0.1, 0.15) is 0 Å². The van der Waals surface area contributed by atoms with E-state index in [0.29, 0.717) is 19.2 Å². The van der Waals surface area contributed by atoms with Crippen molar-refractivity contribution in [3.05, 3.63) is 0 Å². The maximum Gasteiger partial charge on any atom is 0.361 e. The van der Waals surface area contributed by atoms with Crippen LogP contribution in [0.3, 0.4) is 0 Å². The molecule has 0 spiro atoms. The van der Waals surface area contributed by atoms with Crippen LogP contribution in [0.4, 0.5) is 0 Å². The van der Waals surface area contributed by atoms with Crippen LogP contribution in [-0.4, -0.2) is 36.2 Å². The Bertz CT molecular complexity index is 259. The van der Waals surface area contributed by atoms with E-state index in [0.717, 1.165) is 12.8 Å². The molecule has 0 radical (unpaired) electrons. The molecule has 100 valence electrons. The van der Waals surface area contributed by atoms with Crippen LogP contribution in [0.1, 0.15) is 47.5 Å². The zero-order valence-electron chi connectivity index (χ0n) is 11.9. The molecule has 0 saturated carbocycles. The summed E-state index contributed by atoms with van der Waals surface area (Å²) in [6, 6.07) is 0.523. The number of quaternary nitrogens is 2. The van der Waals surface area contributed by atoms with Gasteiger partial charge in [0.15, 0.2) is 6.54 Å². The van der Waals surface area contributed by atoms with Crippen molar-refractivity contribution in [2.75, 3.05) is 13.2 Å². The van der Waals surface area contributed by atoms with Crippen molar-refractivity contribution in [1.29, 1.82) is 0 Å². The third kappa shape index (κ3) is 5.04. The molecule has 0 aromatic rings. The molecule has 0 bridgehead atoms. The SMILES string of the molecule is CCOC(=O)C[NH2+]C1CC(C)(C)[NH2+]C(C)(C)C1. The molecule has 0 unspecified atom stereocenters. The van der Waals surface area contributed by atoms with Crippen LogP contribution in [0.15, 0.2) is 0 Å². The van der Waals surface area contributed by atoms with Gasteiger partial charge in [0, 0.05) is 0 Å². The number of carbonyl (C=O) groups excluding carboxylic acids is 1. The number of esters is 1. The fourth-order valence-corrected chi connectivity index (χ4v) is 3.25. The molecule has 1 fully saturated rings. The summed E-state index contributed by atoms with van der Waals surface area (Å²) in [6.07, 6.45) is 2.27. The molecule has 0 aromatic heterocycles. The van der Waals surface area contributed by atoms with E-state index >= 15 is 0 Å². The maximum absolute atomic E-state index is 11.3. The number of hydrogen-bond donors (Lipinski definition) is 2. The van der Waals surface area contributed by atoms with Gasteiger partial charge in [0.25, 0.3) is 0 Å². The van der Waals surface area contributed by atoms with Gasteiger partial charge < -0.3 is 15.4 Å². The first kappa shape index (κ1) is 14.5. The molecule has 4 nitrogen and oxygen atoms in total. The first-order chi connectivity index (χ1) is 7.74. The van der Waals surface area contributed by atoms with E-state index in [9.17, 15) is 4.79 Å². The van der Waals surface area contributed by atoms with Crippen molar-refractivity contribution >= 4 is 5.97 Å². The molecule has 1 aliphatic rings. The maximum atomic E-state index is 11.3. The molecular weight excluding hydrogens is 216 g/mol. The minimum atomic E-state index is -0.0994. The highest BCUT2D eigenvalue weighted by molar-refractivity contribution is 5.70. The Morgan fingerprint density at radius 3 is 2.29 bits per heavy atom. The van der Waals surface area contributed by atoms with Gasteiger partial charge in [-0.25, -0.2) is 4.79 Å². The Kier molecular flexibility index (Phi) is 4.55. The van der Waals surface area contributed by atoms with Crippen molar-refractivity contribution in [3.63, 3.8) is 0 Å². The Hall–Kier alpha value is -0.610. The van der Waals surface area contributed by atoms with Crippen LogP contribution in [0.25, 0.3) is 0 Å². The van der Waals surface area contributed by atoms with E-state index in [2.05, 4.69) is 38.3 Å². The summed E-state index contributed by atoms with van der Waals surface area (Å²) in [5, 5.41) is 4.60. The summed E-state index contributed by atoms with van der Waals surface area (Å²) < 4.78 is 4.96. The van der Waals surface area contributed by atoms with Crippen molar-refractivity contribution < 1.29 is 20.2 Å². The van der Waals surface area contributed by atoms with Crippen LogP contribution >= 0.6 is 0 Å². The molecule has 1 aliphatic heterocycles. The van der Waals surface area contributed by atoms with Crippen LogP contribution in [0.2, 0.25) is 0 Å².